The predicted molar refractivity (Wildman–Crippen MR) is 61.6 cm³/mol. The number of carboxylic acids is 1. The molecule has 0 radical (unpaired) electrons. The van der Waals surface area contributed by atoms with Gasteiger partial charge in [-0.05, 0) is 6.07 Å². The Balaban J connectivity index is 0.00000144. The molecule has 1 heterocycles. The van der Waals surface area contributed by atoms with Crippen molar-refractivity contribution in [2.24, 2.45) is 0 Å². The second kappa shape index (κ2) is 5.45. The Labute approximate surface area is 103 Å². The van der Waals surface area contributed by atoms with E-state index in [4.69, 9.17) is 5.11 Å². The number of rotatable bonds is 3. The van der Waals surface area contributed by atoms with Crippen molar-refractivity contribution in [3.63, 3.8) is 0 Å². The van der Waals surface area contributed by atoms with Crippen LogP contribution in [0.5, 0.6) is 0 Å². The average molecular weight is 257 g/mol. The lowest BCUT2D eigenvalue weighted by Crippen LogP contribution is -2.20. The van der Waals surface area contributed by atoms with Crippen molar-refractivity contribution in [3.8, 4) is 0 Å². The first-order chi connectivity index (χ1) is 7.70. The molecule has 0 bridgehead atoms. The highest BCUT2D eigenvalue weighted by Crippen LogP contribution is 2.21. The second-order valence-corrected chi connectivity index (χ2v) is 3.27. The van der Waals surface area contributed by atoms with E-state index in [-0.39, 0.29) is 18.0 Å². The molecule has 1 atom stereocenters. The SMILES string of the molecule is Cl.O=C(O)C(c1ccccc1F)n1ccnc1. The monoisotopic (exact) mass is 256 g/mol. The lowest BCUT2D eigenvalue weighted by atomic mass is 10.1. The maximum absolute atomic E-state index is 13.5. The van der Waals surface area contributed by atoms with E-state index >= 15 is 0 Å². The van der Waals surface area contributed by atoms with Crippen molar-refractivity contribution >= 4 is 18.4 Å². The number of imidazole rings is 1. The Morgan fingerprint density at radius 2 is 2.12 bits per heavy atom. The van der Waals surface area contributed by atoms with E-state index in [1.165, 1.54) is 41.5 Å². The summed E-state index contributed by atoms with van der Waals surface area (Å²) >= 11 is 0. The summed E-state index contributed by atoms with van der Waals surface area (Å²) in [5, 5.41) is 9.11. The highest BCUT2D eigenvalue weighted by Gasteiger charge is 2.23. The Morgan fingerprint density at radius 1 is 1.41 bits per heavy atom. The molecule has 1 aromatic heterocycles. The van der Waals surface area contributed by atoms with Crippen molar-refractivity contribution in [2.45, 2.75) is 6.04 Å². The standard InChI is InChI=1S/C11H9FN2O2.ClH/c12-9-4-2-1-3-8(9)10(11(15)16)14-6-5-13-7-14;/h1-7,10H,(H,15,16);1H. The van der Waals surface area contributed by atoms with Crippen molar-refractivity contribution < 1.29 is 14.3 Å². The van der Waals surface area contributed by atoms with Crippen LogP contribution < -0.4 is 0 Å². The Bertz CT molecular complexity index is 502. The summed E-state index contributed by atoms with van der Waals surface area (Å²) in [6.07, 6.45) is 4.30. The molecule has 1 N–H and O–H groups in total. The minimum atomic E-state index is -1.12. The molecular weight excluding hydrogens is 247 g/mol. The molecule has 0 aliphatic rings. The van der Waals surface area contributed by atoms with Gasteiger partial charge < -0.3 is 9.67 Å². The molecule has 0 fully saturated rings. The molecule has 6 heteroatoms. The highest BCUT2D eigenvalue weighted by atomic mass is 35.5. The maximum Gasteiger partial charge on any atom is 0.331 e. The molecule has 2 aromatic rings. The van der Waals surface area contributed by atoms with Crippen LogP contribution >= 0.6 is 12.4 Å². The third-order valence-electron chi connectivity index (χ3n) is 2.26. The number of aliphatic carboxylic acids is 1. The van der Waals surface area contributed by atoms with Gasteiger partial charge in [0.2, 0.25) is 0 Å². The topological polar surface area (TPSA) is 55.1 Å². The van der Waals surface area contributed by atoms with Crippen LogP contribution in [0.2, 0.25) is 0 Å². The van der Waals surface area contributed by atoms with Gasteiger partial charge in [0.05, 0.1) is 6.33 Å². The van der Waals surface area contributed by atoms with E-state index in [2.05, 4.69) is 4.98 Å². The van der Waals surface area contributed by atoms with E-state index < -0.39 is 17.8 Å². The number of carbonyl (C=O) groups is 1. The van der Waals surface area contributed by atoms with Crippen LogP contribution in [-0.2, 0) is 4.79 Å². The molecular formula is C11H10ClFN2O2. The van der Waals surface area contributed by atoms with E-state index in [0.29, 0.717) is 0 Å². The van der Waals surface area contributed by atoms with Gasteiger partial charge in [-0.1, -0.05) is 18.2 Å². The van der Waals surface area contributed by atoms with Crippen molar-refractivity contribution in [1.29, 1.82) is 0 Å². The zero-order valence-electron chi connectivity index (χ0n) is 8.65. The average Bonchev–Trinajstić information content (AvgIpc) is 2.74. The summed E-state index contributed by atoms with van der Waals surface area (Å²) in [6, 6.07) is 4.73. The lowest BCUT2D eigenvalue weighted by molar-refractivity contribution is -0.139. The van der Waals surface area contributed by atoms with Crippen LogP contribution in [-0.4, -0.2) is 20.6 Å². The molecule has 0 saturated carbocycles. The largest absolute Gasteiger partial charge is 0.479 e. The maximum atomic E-state index is 13.5. The number of hydrogen-bond acceptors (Lipinski definition) is 2. The first-order valence-corrected chi connectivity index (χ1v) is 4.65. The number of benzene rings is 1. The first kappa shape index (κ1) is 13.2. The van der Waals surface area contributed by atoms with Crippen LogP contribution in [0.25, 0.3) is 0 Å². The van der Waals surface area contributed by atoms with Gasteiger partial charge in [0.25, 0.3) is 0 Å². The fraction of sp³-hybridized carbons (Fsp3) is 0.0909. The van der Waals surface area contributed by atoms with Crippen LogP contribution in [0, 0.1) is 5.82 Å². The minimum absolute atomic E-state index is 0. The highest BCUT2D eigenvalue weighted by molar-refractivity contribution is 5.85. The minimum Gasteiger partial charge on any atom is -0.479 e. The van der Waals surface area contributed by atoms with Gasteiger partial charge in [-0.25, -0.2) is 14.2 Å². The molecule has 0 aliphatic heterocycles. The molecule has 1 unspecified atom stereocenters. The van der Waals surface area contributed by atoms with E-state index in [1.54, 1.807) is 6.07 Å². The summed E-state index contributed by atoms with van der Waals surface area (Å²) in [7, 11) is 0. The van der Waals surface area contributed by atoms with E-state index in [1.807, 2.05) is 0 Å². The fourth-order valence-electron chi connectivity index (χ4n) is 1.54. The van der Waals surface area contributed by atoms with Gasteiger partial charge in [-0.2, -0.15) is 0 Å². The van der Waals surface area contributed by atoms with Crippen molar-refractivity contribution in [1.82, 2.24) is 9.55 Å². The van der Waals surface area contributed by atoms with Crippen molar-refractivity contribution in [2.75, 3.05) is 0 Å². The zero-order valence-corrected chi connectivity index (χ0v) is 9.47. The molecule has 0 aliphatic carbocycles. The number of hydrogen-bond donors (Lipinski definition) is 1. The van der Waals surface area contributed by atoms with Crippen LogP contribution in [0.1, 0.15) is 11.6 Å². The predicted octanol–water partition coefficient (Wildman–Crippen LogP) is 2.12. The first-order valence-electron chi connectivity index (χ1n) is 4.65. The molecule has 0 spiro atoms. The molecule has 0 amide bonds. The molecule has 1 aromatic carbocycles. The number of carboxylic acid groups (broad SMARTS) is 1. The van der Waals surface area contributed by atoms with Gasteiger partial charge >= 0.3 is 5.97 Å². The molecule has 0 saturated heterocycles. The molecule has 2 rings (SSSR count). The van der Waals surface area contributed by atoms with Crippen LogP contribution in [0.3, 0.4) is 0 Å². The van der Waals surface area contributed by atoms with Gasteiger partial charge in [0.15, 0.2) is 6.04 Å². The summed E-state index contributed by atoms with van der Waals surface area (Å²) in [6.45, 7) is 0. The van der Waals surface area contributed by atoms with Gasteiger partial charge in [-0.15, -0.1) is 12.4 Å². The number of aromatic nitrogens is 2. The smallest absolute Gasteiger partial charge is 0.331 e. The van der Waals surface area contributed by atoms with Gasteiger partial charge in [0, 0.05) is 18.0 Å². The Morgan fingerprint density at radius 3 is 2.65 bits per heavy atom. The summed E-state index contributed by atoms with van der Waals surface area (Å²) in [5.74, 6) is -1.66. The van der Waals surface area contributed by atoms with E-state index in [0.717, 1.165) is 0 Å². The Hall–Kier alpha value is -1.88. The Kier molecular flexibility index (Phi) is 4.23. The van der Waals surface area contributed by atoms with Crippen LogP contribution in [0.4, 0.5) is 4.39 Å². The number of halogens is 2. The second-order valence-electron chi connectivity index (χ2n) is 3.27. The zero-order chi connectivity index (χ0) is 11.5. The van der Waals surface area contributed by atoms with Gasteiger partial charge in [-0.3, -0.25) is 0 Å². The molecule has 90 valence electrons. The van der Waals surface area contributed by atoms with Crippen molar-refractivity contribution in [3.05, 3.63) is 54.4 Å². The quantitative estimate of drug-likeness (QED) is 0.915. The van der Waals surface area contributed by atoms with Crippen LogP contribution in [0.15, 0.2) is 43.0 Å². The van der Waals surface area contributed by atoms with Gasteiger partial charge in [0.1, 0.15) is 5.82 Å². The fourth-order valence-corrected chi connectivity index (χ4v) is 1.54. The molecule has 17 heavy (non-hydrogen) atoms. The summed E-state index contributed by atoms with van der Waals surface area (Å²) in [4.78, 5) is 14.9. The lowest BCUT2D eigenvalue weighted by Gasteiger charge is -2.14. The molecule has 4 nitrogen and oxygen atoms in total. The number of nitrogens with zero attached hydrogens (tertiary/aromatic N) is 2. The third-order valence-corrected chi connectivity index (χ3v) is 2.26. The van der Waals surface area contributed by atoms with E-state index in [9.17, 15) is 9.18 Å². The third kappa shape index (κ3) is 2.62. The summed E-state index contributed by atoms with van der Waals surface area (Å²) in [5.41, 5.74) is 0.119. The normalized spacial score (nSPS) is 11.6. The summed E-state index contributed by atoms with van der Waals surface area (Å²) < 4.78 is 14.8.